The Morgan fingerprint density at radius 3 is 2.13 bits per heavy atom. The number of hydrogen-bond donors (Lipinski definition) is 1. The Morgan fingerprint density at radius 1 is 1.17 bits per heavy atom. The van der Waals surface area contributed by atoms with Gasteiger partial charge in [-0.25, -0.2) is 0 Å². The maximum Gasteiger partial charge on any atom is 0.323 e. The normalized spacial score (nSPS) is 21.0. The lowest BCUT2D eigenvalue weighted by Crippen LogP contribution is -2.12. The molecule has 3 heteroatoms. The first-order chi connectivity index (χ1) is 11.1. The van der Waals surface area contributed by atoms with Crippen LogP contribution in [0, 0.1) is 5.92 Å². The average molecular weight is 318 g/mol. The number of carbonyl (C=O) groups excluding carboxylic acids is 1. The summed E-state index contributed by atoms with van der Waals surface area (Å²) in [7, 11) is 0. The Balaban J connectivity index is 0. The summed E-state index contributed by atoms with van der Waals surface area (Å²) in [6.07, 6.45) is 9.65. The number of allylic oxidation sites excluding steroid dienone is 7. The maximum atomic E-state index is 12.0. The number of rotatable bonds is 4. The average Bonchev–Trinajstić information content (AvgIpc) is 2.88. The molecule has 0 aromatic heterocycles. The van der Waals surface area contributed by atoms with Gasteiger partial charge in [-0.05, 0) is 26.0 Å². The highest BCUT2D eigenvalue weighted by Crippen LogP contribution is 2.37. The number of cyclic esters (lactones) is 1. The molecule has 0 saturated carbocycles. The highest BCUT2D eigenvalue weighted by atomic mass is 16.5. The monoisotopic (exact) mass is 318 g/mol. The van der Waals surface area contributed by atoms with Gasteiger partial charge in [-0.2, -0.15) is 0 Å². The van der Waals surface area contributed by atoms with Gasteiger partial charge in [-0.3, -0.25) is 4.79 Å². The van der Waals surface area contributed by atoms with Crippen molar-refractivity contribution in [1.29, 1.82) is 0 Å². The molecule has 0 aliphatic carbocycles. The predicted molar refractivity (Wildman–Crippen MR) is 99.0 cm³/mol. The van der Waals surface area contributed by atoms with Crippen LogP contribution in [0.1, 0.15) is 41.5 Å². The summed E-state index contributed by atoms with van der Waals surface area (Å²) >= 11 is 0. The van der Waals surface area contributed by atoms with Crippen LogP contribution in [0.3, 0.4) is 0 Å². The van der Waals surface area contributed by atoms with E-state index in [1.807, 2.05) is 34.6 Å². The first kappa shape index (κ1) is 23.0. The van der Waals surface area contributed by atoms with Crippen LogP contribution in [0.15, 0.2) is 72.3 Å². The van der Waals surface area contributed by atoms with E-state index in [-0.39, 0.29) is 5.76 Å². The Labute approximate surface area is 141 Å². The highest BCUT2D eigenvalue weighted by Gasteiger charge is 2.38. The SMILES string of the molecule is C=C/C=C1/OC(=O)C(/C(C=C)=C(O)/C=C\C)/C1=C/C.CC.CC. The van der Waals surface area contributed by atoms with Crippen molar-refractivity contribution in [2.45, 2.75) is 41.5 Å². The first-order valence-electron chi connectivity index (χ1n) is 7.99. The fourth-order valence-corrected chi connectivity index (χ4v) is 1.96. The first-order valence-corrected chi connectivity index (χ1v) is 7.99. The van der Waals surface area contributed by atoms with Crippen LogP contribution in [-0.2, 0) is 9.53 Å². The largest absolute Gasteiger partial charge is 0.508 e. The van der Waals surface area contributed by atoms with Crippen molar-refractivity contribution in [2.24, 2.45) is 5.92 Å². The van der Waals surface area contributed by atoms with Gasteiger partial charge in [-0.1, -0.05) is 65.2 Å². The van der Waals surface area contributed by atoms with Crippen molar-refractivity contribution in [2.75, 3.05) is 0 Å². The lowest BCUT2D eigenvalue weighted by atomic mass is 9.90. The van der Waals surface area contributed by atoms with Crippen molar-refractivity contribution in [3.8, 4) is 0 Å². The van der Waals surface area contributed by atoms with Gasteiger partial charge in [0.05, 0.1) is 0 Å². The molecule has 1 fully saturated rings. The number of esters is 1. The Bertz CT molecular complexity index is 517. The molecule has 0 aromatic rings. The molecule has 1 aliphatic heterocycles. The van der Waals surface area contributed by atoms with Crippen LogP contribution in [0.4, 0.5) is 0 Å². The quantitative estimate of drug-likeness (QED) is 0.404. The lowest BCUT2D eigenvalue weighted by Gasteiger charge is -2.10. The summed E-state index contributed by atoms with van der Waals surface area (Å²) in [6, 6.07) is 0. The second-order valence-electron chi connectivity index (χ2n) is 3.91. The molecular formula is C20H30O3. The molecule has 0 bridgehead atoms. The third-order valence-corrected chi connectivity index (χ3v) is 2.77. The van der Waals surface area contributed by atoms with E-state index in [2.05, 4.69) is 13.2 Å². The fraction of sp³-hybridized carbons (Fsp3) is 0.350. The molecule has 3 nitrogen and oxygen atoms in total. The van der Waals surface area contributed by atoms with E-state index in [0.717, 1.165) is 0 Å². The zero-order chi connectivity index (χ0) is 18.4. The molecule has 1 rings (SSSR count). The third-order valence-electron chi connectivity index (χ3n) is 2.77. The Kier molecular flexibility index (Phi) is 13.4. The molecular weight excluding hydrogens is 288 g/mol. The molecule has 1 heterocycles. The van der Waals surface area contributed by atoms with E-state index >= 15 is 0 Å². The number of ether oxygens (including phenoxy) is 1. The standard InChI is InChI=1S/C16H18O3.2C2H6/c1-5-9-13(17)11(7-3)15-12(8-4)14(10-6-2)19-16(15)18;2*1-2/h5-10,15,17H,2-3H2,1,4H3;2*1-2H3/b9-5-,12-8+,13-11-,14-10+;;. The summed E-state index contributed by atoms with van der Waals surface area (Å²) < 4.78 is 5.19. The zero-order valence-electron chi connectivity index (χ0n) is 15.2. The van der Waals surface area contributed by atoms with E-state index in [1.54, 1.807) is 31.2 Å². The van der Waals surface area contributed by atoms with Crippen LogP contribution in [0.2, 0.25) is 0 Å². The number of carbonyl (C=O) groups is 1. The summed E-state index contributed by atoms with van der Waals surface area (Å²) in [5.74, 6) is -0.601. The molecule has 0 spiro atoms. The van der Waals surface area contributed by atoms with Crippen molar-refractivity contribution in [3.05, 3.63) is 72.3 Å². The summed E-state index contributed by atoms with van der Waals surface area (Å²) in [4.78, 5) is 12.0. The summed E-state index contributed by atoms with van der Waals surface area (Å²) in [5, 5.41) is 9.96. The van der Waals surface area contributed by atoms with E-state index in [4.69, 9.17) is 4.74 Å². The van der Waals surface area contributed by atoms with E-state index < -0.39 is 11.9 Å². The topological polar surface area (TPSA) is 46.5 Å². The number of aliphatic hydroxyl groups excluding tert-OH is 1. The molecule has 0 aromatic carbocycles. The van der Waals surface area contributed by atoms with Crippen molar-refractivity contribution in [3.63, 3.8) is 0 Å². The lowest BCUT2D eigenvalue weighted by molar-refractivity contribution is -0.137. The van der Waals surface area contributed by atoms with Crippen molar-refractivity contribution < 1.29 is 14.6 Å². The maximum absolute atomic E-state index is 12.0. The summed E-state index contributed by atoms with van der Waals surface area (Å²) in [6.45, 7) is 18.8. The van der Waals surface area contributed by atoms with Gasteiger partial charge in [-0.15, -0.1) is 0 Å². The zero-order valence-corrected chi connectivity index (χ0v) is 15.2. The van der Waals surface area contributed by atoms with Crippen LogP contribution in [0.5, 0.6) is 0 Å². The molecule has 1 saturated heterocycles. The molecule has 1 unspecified atom stereocenters. The fourth-order valence-electron chi connectivity index (χ4n) is 1.96. The second kappa shape index (κ2) is 13.4. The Hall–Kier alpha value is -2.29. The van der Waals surface area contributed by atoms with Gasteiger partial charge in [0.15, 0.2) is 0 Å². The molecule has 0 amide bonds. The van der Waals surface area contributed by atoms with Crippen LogP contribution in [-0.4, -0.2) is 11.1 Å². The number of aliphatic hydroxyl groups is 1. The van der Waals surface area contributed by atoms with Gasteiger partial charge >= 0.3 is 5.97 Å². The molecule has 1 N–H and O–H groups in total. The van der Waals surface area contributed by atoms with Crippen LogP contribution >= 0.6 is 0 Å². The second-order valence-corrected chi connectivity index (χ2v) is 3.91. The molecule has 1 atom stereocenters. The third kappa shape index (κ3) is 6.15. The van der Waals surface area contributed by atoms with Crippen LogP contribution in [0.25, 0.3) is 0 Å². The van der Waals surface area contributed by atoms with E-state index in [9.17, 15) is 9.90 Å². The minimum absolute atomic E-state index is 0.0126. The van der Waals surface area contributed by atoms with Gasteiger partial charge < -0.3 is 9.84 Å². The molecule has 23 heavy (non-hydrogen) atoms. The van der Waals surface area contributed by atoms with Crippen LogP contribution < -0.4 is 0 Å². The van der Waals surface area contributed by atoms with E-state index in [0.29, 0.717) is 16.9 Å². The van der Waals surface area contributed by atoms with Gasteiger partial charge in [0.25, 0.3) is 0 Å². The summed E-state index contributed by atoms with van der Waals surface area (Å²) in [5.41, 5.74) is 1.14. The predicted octanol–water partition coefficient (Wildman–Crippen LogP) is 5.80. The van der Waals surface area contributed by atoms with Gasteiger partial charge in [0.2, 0.25) is 0 Å². The minimum Gasteiger partial charge on any atom is -0.508 e. The Morgan fingerprint density at radius 2 is 1.74 bits per heavy atom. The smallest absolute Gasteiger partial charge is 0.323 e. The van der Waals surface area contributed by atoms with Gasteiger partial charge in [0, 0.05) is 11.1 Å². The molecule has 0 radical (unpaired) electrons. The van der Waals surface area contributed by atoms with E-state index in [1.165, 1.54) is 12.2 Å². The number of hydrogen-bond acceptors (Lipinski definition) is 3. The highest BCUT2D eigenvalue weighted by molar-refractivity contribution is 5.87. The molecule has 1 aliphatic rings. The van der Waals surface area contributed by atoms with Crippen molar-refractivity contribution >= 4 is 5.97 Å². The van der Waals surface area contributed by atoms with Gasteiger partial charge in [0.1, 0.15) is 17.4 Å². The minimum atomic E-state index is -0.648. The molecule has 128 valence electrons. The van der Waals surface area contributed by atoms with Crippen molar-refractivity contribution in [1.82, 2.24) is 0 Å².